The number of hydrogen-bond donors (Lipinski definition) is 2. The third-order valence-electron chi connectivity index (χ3n) is 5.09. The summed E-state index contributed by atoms with van der Waals surface area (Å²) in [5, 5.41) is 15.7. The molecule has 1 atom stereocenters. The third kappa shape index (κ3) is 6.26. The minimum atomic E-state index is 0. The average molecular weight is 536 g/mol. The summed E-state index contributed by atoms with van der Waals surface area (Å²) in [6.45, 7) is 2.68. The van der Waals surface area contributed by atoms with Gasteiger partial charge in [-0.15, -0.1) is 24.0 Å². The molecule has 0 saturated carbocycles. The fourth-order valence-corrected chi connectivity index (χ4v) is 3.66. The predicted molar refractivity (Wildman–Crippen MR) is 129 cm³/mol. The van der Waals surface area contributed by atoms with Crippen molar-refractivity contribution < 1.29 is 4.74 Å². The van der Waals surface area contributed by atoms with Crippen LogP contribution in [0.2, 0.25) is 0 Å². The van der Waals surface area contributed by atoms with Crippen molar-refractivity contribution in [1.82, 2.24) is 35.2 Å². The zero-order valence-corrected chi connectivity index (χ0v) is 20.2. The first-order valence-electron chi connectivity index (χ1n) is 10.2. The first-order valence-corrected chi connectivity index (χ1v) is 10.2. The van der Waals surface area contributed by atoms with E-state index in [0.29, 0.717) is 13.2 Å². The number of rotatable bonds is 7. The molecule has 0 saturated heterocycles. The maximum absolute atomic E-state index is 5.14. The van der Waals surface area contributed by atoms with Crippen molar-refractivity contribution >= 4 is 29.9 Å². The standard InChI is InChI=1S/C21H28N8O.HI/c1-22-21(25-18-7-8-20-26-19(15-30-2)27-29(20)14-18)23-12-16-5-3-6-17(11-16)13-28-10-4-9-24-28;/h3-6,9-11,18H,7-8,12-15H2,1-2H3,(H2,22,23,25);1H. The Morgan fingerprint density at radius 3 is 2.94 bits per heavy atom. The Morgan fingerprint density at radius 2 is 2.16 bits per heavy atom. The van der Waals surface area contributed by atoms with Crippen molar-refractivity contribution in [1.29, 1.82) is 0 Å². The number of guanidine groups is 1. The normalized spacial score (nSPS) is 15.8. The molecule has 0 aliphatic carbocycles. The van der Waals surface area contributed by atoms with E-state index in [1.807, 2.05) is 21.6 Å². The van der Waals surface area contributed by atoms with Crippen LogP contribution in [0.5, 0.6) is 0 Å². The van der Waals surface area contributed by atoms with Gasteiger partial charge in [-0.05, 0) is 23.6 Å². The SMILES string of the molecule is CN=C(NCc1cccc(Cn2cccn2)c1)NC1CCc2nc(COC)nn2C1.I. The van der Waals surface area contributed by atoms with Crippen molar-refractivity contribution in [3.63, 3.8) is 0 Å². The number of methoxy groups -OCH3 is 1. The molecule has 2 N–H and O–H groups in total. The van der Waals surface area contributed by atoms with Gasteiger partial charge in [-0.3, -0.25) is 9.67 Å². The Kier molecular flexibility index (Phi) is 8.41. The molecule has 166 valence electrons. The topological polar surface area (TPSA) is 94.2 Å². The molecule has 4 rings (SSSR count). The maximum Gasteiger partial charge on any atom is 0.191 e. The Labute approximate surface area is 199 Å². The van der Waals surface area contributed by atoms with Gasteiger partial charge in [-0.2, -0.15) is 10.2 Å². The van der Waals surface area contributed by atoms with Gasteiger partial charge in [0.05, 0.1) is 13.1 Å². The first kappa shape index (κ1) is 23.2. The number of aromatic nitrogens is 5. The average Bonchev–Trinajstić information content (AvgIpc) is 3.40. The molecule has 0 bridgehead atoms. The van der Waals surface area contributed by atoms with Gasteiger partial charge in [0.25, 0.3) is 0 Å². The first-order chi connectivity index (χ1) is 14.7. The van der Waals surface area contributed by atoms with Gasteiger partial charge in [0.15, 0.2) is 11.8 Å². The largest absolute Gasteiger partial charge is 0.377 e. The van der Waals surface area contributed by atoms with Gasteiger partial charge in [-0.25, -0.2) is 9.67 Å². The molecule has 0 fully saturated rings. The lowest BCUT2D eigenvalue weighted by Gasteiger charge is -2.25. The zero-order valence-electron chi connectivity index (χ0n) is 17.9. The van der Waals surface area contributed by atoms with Crippen LogP contribution < -0.4 is 10.6 Å². The van der Waals surface area contributed by atoms with E-state index < -0.39 is 0 Å². The van der Waals surface area contributed by atoms with Crippen LogP contribution in [0.3, 0.4) is 0 Å². The van der Waals surface area contributed by atoms with E-state index in [4.69, 9.17) is 4.74 Å². The Balaban J connectivity index is 0.00000272. The molecule has 0 spiro atoms. The molecular formula is C21H29IN8O. The van der Waals surface area contributed by atoms with Crippen LogP contribution >= 0.6 is 24.0 Å². The molecule has 1 aliphatic heterocycles. The van der Waals surface area contributed by atoms with E-state index in [1.165, 1.54) is 11.1 Å². The lowest BCUT2D eigenvalue weighted by molar-refractivity contribution is 0.177. The van der Waals surface area contributed by atoms with Gasteiger partial charge >= 0.3 is 0 Å². The van der Waals surface area contributed by atoms with Gasteiger partial charge in [0, 0.05) is 45.6 Å². The molecule has 2 aromatic heterocycles. The summed E-state index contributed by atoms with van der Waals surface area (Å²) >= 11 is 0. The Morgan fingerprint density at radius 1 is 1.29 bits per heavy atom. The van der Waals surface area contributed by atoms with Crippen LogP contribution in [0.25, 0.3) is 0 Å². The van der Waals surface area contributed by atoms with E-state index in [9.17, 15) is 0 Å². The number of aryl methyl sites for hydroxylation is 1. The monoisotopic (exact) mass is 536 g/mol. The van der Waals surface area contributed by atoms with Crippen LogP contribution in [0.15, 0.2) is 47.7 Å². The highest BCUT2D eigenvalue weighted by molar-refractivity contribution is 14.0. The highest BCUT2D eigenvalue weighted by atomic mass is 127. The lowest BCUT2D eigenvalue weighted by Crippen LogP contribution is -2.46. The second-order valence-electron chi connectivity index (χ2n) is 7.39. The summed E-state index contributed by atoms with van der Waals surface area (Å²) in [6, 6.07) is 10.7. The quantitative estimate of drug-likeness (QED) is 0.273. The molecule has 1 aromatic carbocycles. The van der Waals surface area contributed by atoms with E-state index in [0.717, 1.165) is 43.5 Å². The Bertz CT molecular complexity index is 985. The van der Waals surface area contributed by atoms with Crippen molar-refractivity contribution in [3.05, 3.63) is 65.5 Å². The predicted octanol–water partition coefficient (Wildman–Crippen LogP) is 1.97. The van der Waals surface area contributed by atoms with Gasteiger partial charge < -0.3 is 15.4 Å². The summed E-state index contributed by atoms with van der Waals surface area (Å²) in [5.74, 6) is 2.56. The van der Waals surface area contributed by atoms with Crippen molar-refractivity contribution in [3.8, 4) is 0 Å². The number of aliphatic imine (C=N–C) groups is 1. The summed E-state index contributed by atoms with van der Waals surface area (Å²) in [4.78, 5) is 8.92. The number of benzene rings is 1. The highest BCUT2D eigenvalue weighted by Gasteiger charge is 2.22. The molecule has 3 heterocycles. The molecule has 3 aromatic rings. The second-order valence-corrected chi connectivity index (χ2v) is 7.39. The fourth-order valence-electron chi connectivity index (χ4n) is 3.66. The van der Waals surface area contributed by atoms with Crippen LogP contribution in [0, 0.1) is 0 Å². The minimum absolute atomic E-state index is 0. The molecular weight excluding hydrogens is 507 g/mol. The highest BCUT2D eigenvalue weighted by Crippen LogP contribution is 2.13. The summed E-state index contributed by atoms with van der Waals surface area (Å²) in [6.07, 6.45) is 5.65. The van der Waals surface area contributed by atoms with E-state index >= 15 is 0 Å². The molecule has 0 amide bonds. The van der Waals surface area contributed by atoms with Gasteiger partial charge in [-0.1, -0.05) is 24.3 Å². The molecule has 0 radical (unpaired) electrons. The Hall–Kier alpha value is -2.47. The zero-order chi connectivity index (χ0) is 20.8. The van der Waals surface area contributed by atoms with Crippen LogP contribution in [-0.4, -0.2) is 50.7 Å². The number of nitrogens with one attached hydrogen (secondary N) is 2. The van der Waals surface area contributed by atoms with E-state index in [-0.39, 0.29) is 30.0 Å². The van der Waals surface area contributed by atoms with Gasteiger partial charge in [0.2, 0.25) is 0 Å². The molecule has 1 unspecified atom stereocenters. The minimum Gasteiger partial charge on any atom is -0.377 e. The number of nitrogens with zero attached hydrogens (tertiary/aromatic N) is 6. The van der Waals surface area contributed by atoms with Crippen LogP contribution in [-0.2, 0) is 37.4 Å². The number of halogens is 1. The molecule has 9 nitrogen and oxygen atoms in total. The molecule has 31 heavy (non-hydrogen) atoms. The molecule has 10 heteroatoms. The molecule has 1 aliphatic rings. The lowest BCUT2D eigenvalue weighted by atomic mass is 10.1. The van der Waals surface area contributed by atoms with Crippen LogP contribution in [0.4, 0.5) is 0 Å². The number of hydrogen-bond acceptors (Lipinski definition) is 5. The maximum atomic E-state index is 5.14. The fraction of sp³-hybridized carbons (Fsp3) is 0.429. The summed E-state index contributed by atoms with van der Waals surface area (Å²) in [5.41, 5.74) is 2.42. The summed E-state index contributed by atoms with van der Waals surface area (Å²) in [7, 11) is 3.46. The van der Waals surface area contributed by atoms with Crippen molar-refractivity contribution in [2.24, 2.45) is 4.99 Å². The smallest absolute Gasteiger partial charge is 0.191 e. The van der Waals surface area contributed by atoms with E-state index in [2.05, 4.69) is 55.1 Å². The second kappa shape index (κ2) is 11.2. The number of ether oxygens (including phenoxy) is 1. The van der Waals surface area contributed by atoms with E-state index in [1.54, 1.807) is 20.4 Å². The van der Waals surface area contributed by atoms with Crippen molar-refractivity contribution in [2.75, 3.05) is 14.2 Å². The number of fused-ring (bicyclic) bond motifs is 1. The van der Waals surface area contributed by atoms with Crippen LogP contribution in [0.1, 0.15) is 29.2 Å². The van der Waals surface area contributed by atoms with Gasteiger partial charge in [0.1, 0.15) is 12.4 Å². The summed E-state index contributed by atoms with van der Waals surface area (Å²) < 4.78 is 9.03. The third-order valence-corrected chi connectivity index (χ3v) is 5.09. The van der Waals surface area contributed by atoms with Crippen molar-refractivity contribution in [2.45, 2.75) is 45.1 Å².